The number of hydrogen-bond donors (Lipinski definition) is 2. The summed E-state index contributed by atoms with van der Waals surface area (Å²) >= 11 is 5.38. The number of aromatic nitrogens is 2. The predicted molar refractivity (Wildman–Crippen MR) is 133 cm³/mol. The molecule has 0 saturated carbocycles. The van der Waals surface area contributed by atoms with Crippen LogP contribution in [0.25, 0.3) is 22.7 Å². The summed E-state index contributed by atoms with van der Waals surface area (Å²) in [6.45, 7) is 4.66. The first-order valence-electron chi connectivity index (χ1n) is 10.7. The molecule has 8 heteroatoms. The molecule has 168 valence electrons. The number of ether oxygens (including phenoxy) is 1. The topological polar surface area (TPSA) is 89.3 Å². The Morgan fingerprint density at radius 2 is 2.03 bits per heavy atom. The van der Waals surface area contributed by atoms with Gasteiger partial charge >= 0.3 is 0 Å². The van der Waals surface area contributed by atoms with Crippen LogP contribution in [0.5, 0.6) is 5.75 Å². The quantitative estimate of drug-likeness (QED) is 0.278. The maximum absolute atomic E-state index is 12.7. The van der Waals surface area contributed by atoms with Crippen molar-refractivity contribution in [3.63, 3.8) is 0 Å². The Hall–Kier alpha value is -3.78. The summed E-state index contributed by atoms with van der Waals surface area (Å²) in [5.41, 5.74) is 4.10. The lowest BCUT2D eigenvalue weighted by Crippen LogP contribution is -2.34. The van der Waals surface area contributed by atoms with Gasteiger partial charge in [-0.05, 0) is 73.6 Å². The highest BCUT2D eigenvalue weighted by Crippen LogP contribution is 2.27. The first-order chi connectivity index (χ1) is 16.0. The zero-order chi connectivity index (χ0) is 23.2. The summed E-state index contributed by atoms with van der Waals surface area (Å²) in [4.78, 5) is 21.3. The fraction of sp³-hybridized carbons (Fsp3) is 0.200. The molecule has 0 fully saturated rings. The molecule has 0 aliphatic carbocycles. The minimum atomic E-state index is -0.313. The van der Waals surface area contributed by atoms with Crippen LogP contribution in [0.1, 0.15) is 35.7 Å². The Balaban J connectivity index is 1.44. The molecule has 0 aliphatic heterocycles. The van der Waals surface area contributed by atoms with Gasteiger partial charge in [-0.25, -0.2) is 4.98 Å². The van der Waals surface area contributed by atoms with Crippen LogP contribution >= 0.6 is 12.2 Å². The second kappa shape index (κ2) is 10.2. The zero-order valence-electron chi connectivity index (χ0n) is 18.4. The summed E-state index contributed by atoms with van der Waals surface area (Å²) in [6.07, 6.45) is 3.68. The van der Waals surface area contributed by atoms with Crippen LogP contribution in [0.3, 0.4) is 0 Å². The van der Waals surface area contributed by atoms with Crippen LogP contribution in [0.15, 0.2) is 65.2 Å². The average molecular weight is 461 g/mol. The Morgan fingerprint density at radius 1 is 1.15 bits per heavy atom. The number of nitrogens with one attached hydrogen (secondary N) is 2. The summed E-state index contributed by atoms with van der Waals surface area (Å²) in [5, 5.41) is 6.01. The third-order valence-electron chi connectivity index (χ3n) is 4.99. The largest absolute Gasteiger partial charge is 0.494 e. The van der Waals surface area contributed by atoms with E-state index >= 15 is 0 Å². The van der Waals surface area contributed by atoms with Crippen molar-refractivity contribution >= 4 is 40.2 Å². The number of aryl methyl sites for hydroxylation is 1. The molecule has 0 saturated heterocycles. The number of oxazole rings is 1. The van der Waals surface area contributed by atoms with E-state index in [9.17, 15) is 4.79 Å². The van der Waals surface area contributed by atoms with Crippen LogP contribution < -0.4 is 15.4 Å². The van der Waals surface area contributed by atoms with Gasteiger partial charge in [0.2, 0.25) is 5.89 Å². The van der Waals surface area contributed by atoms with Gasteiger partial charge < -0.3 is 14.5 Å². The standard InChI is InChI=1S/C25H24N4O3S/c1-3-4-13-31-19-8-5-7-17(14-19)23(30)29-25(33)27-20-15-18(11-10-16(20)2)24-28-22-21(32-24)9-6-12-26-22/h5-12,14-15H,3-4,13H2,1-2H3,(H2,27,29,30,33). The SMILES string of the molecule is CCCCOc1cccc(C(=O)NC(=S)Nc2cc(-c3nc4ncccc4o3)ccc2C)c1. The fourth-order valence-electron chi connectivity index (χ4n) is 3.17. The van der Waals surface area contributed by atoms with Crippen molar-refractivity contribution in [1.82, 2.24) is 15.3 Å². The molecule has 0 unspecified atom stereocenters. The molecule has 0 spiro atoms. The van der Waals surface area contributed by atoms with Gasteiger partial charge in [0, 0.05) is 23.0 Å². The van der Waals surface area contributed by atoms with E-state index < -0.39 is 0 Å². The lowest BCUT2D eigenvalue weighted by Gasteiger charge is -2.13. The highest BCUT2D eigenvalue weighted by atomic mass is 32.1. The molecule has 2 aromatic heterocycles. The van der Waals surface area contributed by atoms with Gasteiger partial charge in [0.25, 0.3) is 5.91 Å². The second-order valence-electron chi connectivity index (χ2n) is 7.51. The number of carbonyl (C=O) groups excluding carboxylic acids is 1. The van der Waals surface area contributed by atoms with Gasteiger partial charge in [0.1, 0.15) is 5.75 Å². The number of anilines is 1. The fourth-order valence-corrected chi connectivity index (χ4v) is 3.38. The third kappa shape index (κ3) is 5.53. The first kappa shape index (κ1) is 22.4. The maximum Gasteiger partial charge on any atom is 0.257 e. The molecule has 0 atom stereocenters. The van der Waals surface area contributed by atoms with Crippen molar-refractivity contribution in [2.45, 2.75) is 26.7 Å². The van der Waals surface area contributed by atoms with E-state index in [0.717, 1.165) is 29.7 Å². The van der Waals surface area contributed by atoms with E-state index in [0.29, 0.717) is 35.0 Å². The van der Waals surface area contributed by atoms with Gasteiger partial charge in [-0.1, -0.05) is 25.5 Å². The van der Waals surface area contributed by atoms with Crippen LogP contribution in [0, 0.1) is 6.92 Å². The smallest absolute Gasteiger partial charge is 0.257 e. The zero-order valence-corrected chi connectivity index (χ0v) is 19.2. The molecule has 0 bridgehead atoms. The molecule has 4 aromatic rings. The number of pyridine rings is 1. The molecular weight excluding hydrogens is 436 g/mol. The number of fused-ring (bicyclic) bond motifs is 1. The lowest BCUT2D eigenvalue weighted by molar-refractivity contribution is 0.0977. The van der Waals surface area contributed by atoms with Gasteiger partial charge in [-0.15, -0.1) is 0 Å². The molecule has 0 aliphatic rings. The summed E-state index contributed by atoms with van der Waals surface area (Å²) in [7, 11) is 0. The summed E-state index contributed by atoms with van der Waals surface area (Å²) in [5.74, 6) is 0.806. The summed E-state index contributed by atoms with van der Waals surface area (Å²) in [6, 6.07) is 16.4. The van der Waals surface area contributed by atoms with E-state index in [1.54, 1.807) is 30.5 Å². The van der Waals surface area contributed by atoms with Crippen molar-refractivity contribution < 1.29 is 13.9 Å². The third-order valence-corrected chi connectivity index (χ3v) is 5.19. The minimum absolute atomic E-state index is 0.191. The molecule has 2 aromatic carbocycles. The highest BCUT2D eigenvalue weighted by Gasteiger charge is 2.13. The van der Waals surface area contributed by atoms with E-state index in [1.807, 2.05) is 37.3 Å². The average Bonchev–Trinajstić information content (AvgIpc) is 3.25. The number of rotatable bonds is 7. The molecule has 4 rings (SSSR count). The van der Waals surface area contributed by atoms with E-state index in [-0.39, 0.29) is 11.0 Å². The van der Waals surface area contributed by atoms with Gasteiger partial charge in [-0.2, -0.15) is 4.98 Å². The van der Waals surface area contributed by atoms with Crippen molar-refractivity contribution in [1.29, 1.82) is 0 Å². The number of amides is 1. The lowest BCUT2D eigenvalue weighted by atomic mass is 10.1. The number of nitrogens with zero attached hydrogens (tertiary/aromatic N) is 2. The molecule has 2 N–H and O–H groups in total. The van der Waals surface area contributed by atoms with E-state index in [4.69, 9.17) is 21.4 Å². The van der Waals surface area contributed by atoms with Crippen LogP contribution in [-0.2, 0) is 0 Å². The van der Waals surface area contributed by atoms with Crippen molar-refractivity contribution in [2.24, 2.45) is 0 Å². The molecule has 1 amide bonds. The maximum atomic E-state index is 12.7. The first-order valence-corrected chi connectivity index (χ1v) is 11.1. The van der Waals surface area contributed by atoms with Crippen LogP contribution in [-0.4, -0.2) is 27.6 Å². The molecule has 0 radical (unpaired) electrons. The molecule has 33 heavy (non-hydrogen) atoms. The van der Waals surface area contributed by atoms with Gasteiger partial charge in [0.15, 0.2) is 16.3 Å². The van der Waals surface area contributed by atoms with Crippen LogP contribution in [0.2, 0.25) is 0 Å². The van der Waals surface area contributed by atoms with Gasteiger partial charge in [0.05, 0.1) is 6.61 Å². The molecular formula is C25H24N4O3S. The monoisotopic (exact) mass is 460 g/mol. The van der Waals surface area contributed by atoms with Crippen LogP contribution in [0.4, 0.5) is 5.69 Å². The second-order valence-corrected chi connectivity index (χ2v) is 7.92. The van der Waals surface area contributed by atoms with Crippen molar-refractivity contribution in [3.05, 3.63) is 71.9 Å². The molecule has 2 heterocycles. The Bertz CT molecular complexity index is 1270. The summed E-state index contributed by atoms with van der Waals surface area (Å²) < 4.78 is 11.5. The number of thiocarbonyl (C=S) groups is 1. The Kier molecular flexibility index (Phi) is 6.95. The Morgan fingerprint density at radius 3 is 2.85 bits per heavy atom. The number of benzene rings is 2. The van der Waals surface area contributed by atoms with Crippen molar-refractivity contribution in [2.75, 3.05) is 11.9 Å². The Labute approximate surface area is 197 Å². The van der Waals surface area contributed by atoms with E-state index in [1.165, 1.54) is 0 Å². The number of hydrogen-bond acceptors (Lipinski definition) is 6. The normalized spacial score (nSPS) is 10.7. The van der Waals surface area contributed by atoms with Gasteiger partial charge in [-0.3, -0.25) is 10.1 Å². The number of carbonyl (C=O) groups is 1. The minimum Gasteiger partial charge on any atom is -0.494 e. The highest BCUT2D eigenvalue weighted by molar-refractivity contribution is 7.80. The van der Waals surface area contributed by atoms with Crippen molar-refractivity contribution in [3.8, 4) is 17.2 Å². The van der Waals surface area contributed by atoms with E-state index in [2.05, 4.69) is 27.5 Å². The number of unbranched alkanes of at least 4 members (excludes halogenated alkanes) is 1. The molecule has 7 nitrogen and oxygen atoms in total. The predicted octanol–water partition coefficient (Wildman–Crippen LogP) is 5.50.